The molecule has 0 saturated heterocycles. The maximum atomic E-state index is 12.5. The third kappa shape index (κ3) is 22.1. The van der Waals surface area contributed by atoms with Gasteiger partial charge in [-0.15, -0.1) is 0 Å². The van der Waals surface area contributed by atoms with Crippen molar-refractivity contribution in [1.29, 1.82) is 0 Å². The van der Waals surface area contributed by atoms with E-state index in [4.69, 9.17) is 4.74 Å². The minimum Gasteiger partial charge on any atom is -0.444 e. The van der Waals surface area contributed by atoms with E-state index in [2.05, 4.69) is 31.0 Å². The molecule has 0 aromatic carbocycles. The number of aliphatic hydroxyl groups excluding tert-OH is 1. The summed E-state index contributed by atoms with van der Waals surface area (Å²) in [6, 6.07) is -0.300. The molecule has 0 rings (SSSR count). The molecule has 2 atom stereocenters. The molecule has 0 fully saturated rings. The van der Waals surface area contributed by atoms with E-state index in [1.807, 2.05) is 20.8 Å². The minimum absolute atomic E-state index is 0.300. The number of nitrogens with one attached hydrogen (secondary N) is 1. The van der Waals surface area contributed by atoms with Crippen LogP contribution in [0, 0.1) is 0 Å². The van der Waals surface area contributed by atoms with Gasteiger partial charge in [-0.1, -0.05) is 111 Å². The number of alkyl carbamates (subject to hydrolysis) is 1. The van der Waals surface area contributed by atoms with Crippen molar-refractivity contribution < 1.29 is 14.6 Å². The van der Waals surface area contributed by atoms with Gasteiger partial charge in [-0.2, -0.15) is 0 Å². The second kappa shape index (κ2) is 22.4. The van der Waals surface area contributed by atoms with Gasteiger partial charge in [0.05, 0.1) is 12.1 Å². The highest BCUT2D eigenvalue weighted by Crippen LogP contribution is 2.15. The van der Waals surface area contributed by atoms with E-state index in [1.165, 1.54) is 64.2 Å². The first-order valence-electron chi connectivity index (χ1n) is 15.1. The molecule has 0 aromatic rings. The normalized spacial score (nSPS) is 13.7. The number of hydrogen-bond acceptors (Lipinski definition) is 4. The van der Waals surface area contributed by atoms with Crippen molar-refractivity contribution in [3.63, 3.8) is 0 Å². The number of aliphatic hydroxyl groups is 1. The number of hydrogen-bond donors (Lipinski definition) is 2. The van der Waals surface area contributed by atoms with E-state index < -0.39 is 17.8 Å². The smallest absolute Gasteiger partial charge is 0.408 e. The van der Waals surface area contributed by atoms with Gasteiger partial charge in [-0.05, 0) is 53.1 Å². The Morgan fingerprint density at radius 2 is 1.17 bits per heavy atom. The lowest BCUT2D eigenvalue weighted by atomic mass is 10.0. The van der Waals surface area contributed by atoms with Gasteiger partial charge in [0.2, 0.25) is 0 Å². The summed E-state index contributed by atoms with van der Waals surface area (Å²) < 4.78 is 5.50. The molecule has 0 aliphatic carbocycles. The van der Waals surface area contributed by atoms with E-state index in [0.29, 0.717) is 6.54 Å². The van der Waals surface area contributed by atoms with Crippen LogP contribution < -0.4 is 5.32 Å². The van der Waals surface area contributed by atoms with Crippen LogP contribution in [0.15, 0.2) is 0 Å². The van der Waals surface area contributed by atoms with Gasteiger partial charge >= 0.3 is 6.09 Å². The molecule has 0 heterocycles. The van der Waals surface area contributed by atoms with Crippen molar-refractivity contribution in [2.24, 2.45) is 0 Å². The number of amides is 1. The van der Waals surface area contributed by atoms with E-state index in [9.17, 15) is 9.90 Å². The number of nitrogens with zero attached hydrogens (tertiary/aromatic N) is 1. The minimum atomic E-state index is -0.545. The van der Waals surface area contributed by atoms with Gasteiger partial charge in [0, 0.05) is 6.54 Å². The van der Waals surface area contributed by atoms with Gasteiger partial charge in [0.15, 0.2) is 0 Å². The second-order valence-corrected chi connectivity index (χ2v) is 11.5. The molecular weight excluding hydrogens is 436 g/mol. The number of rotatable bonds is 23. The zero-order valence-electron chi connectivity index (χ0n) is 24.5. The number of carbonyl (C=O) groups excluding carboxylic acids is 1. The molecule has 210 valence electrons. The Morgan fingerprint density at radius 1 is 0.743 bits per heavy atom. The van der Waals surface area contributed by atoms with E-state index in [-0.39, 0.29) is 6.04 Å². The first-order valence-corrected chi connectivity index (χ1v) is 15.1. The van der Waals surface area contributed by atoms with Gasteiger partial charge in [0.1, 0.15) is 5.60 Å². The Labute approximate surface area is 219 Å². The summed E-state index contributed by atoms with van der Waals surface area (Å²) in [6.07, 6.45) is 20.0. The van der Waals surface area contributed by atoms with E-state index >= 15 is 0 Å². The average Bonchev–Trinajstić information content (AvgIpc) is 2.79. The molecule has 1 amide bonds. The topological polar surface area (TPSA) is 61.8 Å². The second-order valence-electron chi connectivity index (χ2n) is 11.5. The molecule has 0 spiro atoms. The summed E-state index contributed by atoms with van der Waals surface area (Å²) in [6.45, 7) is 15.0. The van der Waals surface area contributed by atoms with Crippen LogP contribution >= 0.6 is 0 Å². The van der Waals surface area contributed by atoms with Crippen LogP contribution in [0.25, 0.3) is 0 Å². The first-order chi connectivity index (χ1) is 16.7. The summed E-state index contributed by atoms with van der Waals surface area (Å²) in [4.78, 5) is 14.9. The van der Waals surface area contributed by atoms with Crippen molar-refractivity contribution in [3.05, 3.63) is 0 Å². The fourth-order valence-electron chi connectivity index (χ4n) is 4.45. The molecule has 35 heavy (non-hydrogen) atoms. The van der Waals surface area contributed by atoms with Gasteiger partial charge in [-0.25, -0.2) is 4.79 Å². The fourth-order valence-corrected chi connectivity index (χ4v) is 4.45. The summed E-state index contributed by atoms with van der Waals surface area (Å²) in [7, 11) is 0. The molecule has 0 unspecified atom stereocenters. The summed E-state index contributed by atoms with van der Waals surface area (Å²) >= 11 is 0. The standard InChI is InChI=1S/C30H62N2O3/c1-7-10-13-14-15-16-17-18-19-20-21-22-23-28(33)27(31-29(34)35-30(4,5)6)26-32(24-11-8-2)25-12-9-3/h27-28,33H,7-26H2,1-6H3,(H,31,34)/t27-,28-/m0/s1. The Hall–Kier alpha value is -0.810. The van der Waals surface area contributed by atoms with Crippen LogP contribution in [0.1, 0.15) is 151 Å². The maximum Gasteiger partial charge on any atom is 0.408 e. The molecule has 2 N–H and O–H groups in total. The predicted octanol–water partition coefficient (Wildman–Crippen LogP) is 8.23. The summed E-state index contributed by atoms with van der Waals surface area (Å²) in [5.74, 6) is 0. The molecular formula is C30H62N2O3. The van der Waals surface area contributed by atoms with Crippen LogP contribution in [0.5, 0.6) is 0 Å². The number of unbranched alkanes of at least 4 members (excludes halogenated alkanes) is 13. The molecule has 0 radical (unpaired) electrons. The molecule has 0 aliphatic rings. The lowest BCUT2D eigenvalue weighted by Gasteiger charge is -2.32. The third-order valence-electron chi connectivity index (χ3n) is 6.63. The number of carbonyl (C=O) groups is 1. The molecule has 5 nitrogen and oxygen atoms in total. The first kappa shape index (κ1) is 34.2. The lowest BCUT2D eigenvalue weighted by molar-refractivity contribution is 0.0362. The Balaban J connectivity index is 4.47. The molecule has 0 aliphatic heterocycles. The van der Waals surface area contributed by atoms with Gasteiger partial charge < -0.3 is 20.1 Å². The third-order valence-corrected chi connectivity index (χ3v) is 6.63. The average molecular weight is 499 g/mol. The van der Waals surface area contributed by atoms with Crippen LogP contribution in [-0.2, 0) is 4.74 Å². The van der Waals surface area contributed by atoms with Gasteiger partial charge in [0.25, 0.3) is 0 Å². The Bertz CT molecular complexity index is 471. The number of ether oxygens (including phenoxy) is 1. The molecule has 5 heteroatoms. The quantitative estimate of drug-likeness (QED) is 0.139. The molecule has 0 aromatic heterocycles. The van der Waals surface area contributed by atoms with Crippen molar-refractivity contribution >= 4 is 6.09 Å². The highest BCUT2D eigenvalue weighted by Gasteiger charge is 2.26. The predicted molar refractivity (Wildman–Crippen MR) is 151 cm³/mol. The van der Waals surface area contributed by atoms with Crippen molar-refractivity contribution in [1.82, 2.24) is 10.2 Å². The highest BCUT2D eigenvalue weighted by molar-refractivity contribution is 5.68. The van der Waals surface area contributed by atoms with Crippen LogP contribution in [0.3, 0.4) is 0 Å². The Morgan fingerprint density at radius 3 is 1.60 bits per heavy atom. The zero-order valence-corrected chi connectivity index (χ0v) is 24.5. The van der Waals surface area contributed by atoms with Crippen LogP contribution in [0.4, 0.5) is 4.79 Å². The van der Waals surface area contributed by atoms with Crippen molar-refractivity contribution in [2.75, 3.05) is 19.6 Å². The summed E-state index contributed by atoms with van der Waals surface area (Å²) in [5, 5.41) is 14.0. The van der Waals surface area contributed by atoms with Gasteiger partial charge in [-0.3, -0.25) is 0 Å². The SMILES string of the molecule is CCCCCCCCCCCCCC[C@H](O)[C@H](CN(CCCC)CCCC)NC(=O)OC(C)(C)C. The highest BCUT2D eigenvalue weighted by atomic mass is 16.6. The van der Waals surface area contributed by atoms with Crippen molar-refractivity contribution in [2.45, 2.75) is 168 Å². The monoisotopic (exact) mass is 498 g/mol. The van der Waals surface area contributed by atoms with Crippen LogP contribution in [-0.4, -0.2) is 53.5 Å². The van der Waals surface area contributed by atoms with E-state index in [1.54, 1.807) is 0 Å². The van der Waals surface area contributed by atoms with E-state index in [0.717, 1.165) is 58.0 Å². The summed E-state index contributed by atoms with van der Waals surface area (Å²) in [5.41, 5.74) is -0.542. The molecule has 0 bridgehead atoms. The molecule has 0 saturated carbocycles. The Kier molecular flexibility index (Phi) is 21.9. The fraction of sp³-hybridized carbons (Fsp3) is 0.967. The van der Waals surface area contributed by atoms with Crippen molar-refractivity contribution in [3.8, 4) is 0 Å². The lowest BCUT2D eigenvalue weighted by Crippen LogP contribution is -2.51. The zero-order chi connectivity index (χ0) is 26.4. The largest absolute Gasteiger partial charge is 0.444 e. The maximum absolute atomic E-state index is 12.5. The van der Waals surface area contributed by atoms with Crippen LogP contribution in [0.2, 0.25) is 0 Å².